The van der Waals surface area contributed by atoms with Crippen LogP contribution < -0.4 is 14.4 Å². The van der Waals surface area contributed by atoms with E-state index in [2.05, 4.69) is 5.32 Å². The maximum absolute atomic E-state index is 13.7. The minimum atomic E-state index is -3.82. The van der Waals surface area contributed by atoms with Crippen LogP contribution in [-0.2, 0) is 26.2 Å². The number of aryl methyl sites for hydroxylation is 1. The highest BCUT2D eigenvalue weighted by atomic mass is 32.2. The van der Waals surface area contributed by atoms with E-state index in [9.17, 15) is 18.0 Å². The van der Waals surface area contributed by atoms with E-state index in [0.29, 0.717) is 17.2 Å². The van der Waals surface area contributed by atoms with Gasteiger partial charge in [-0.3, -0.25) is 13.9 Å². The van der Waals surface area contributed by atoms with Crippen molar-refractivity contribution < 1.29 is 22.7 Å². The predicted octanol–water partition coefficient (Wildman–Crippen LogP) is 4.89. The second kappa shape index (κ2) is 13.3. The lowest BCUT2D eigenvalue weighted by Gasteiger charge is -2.32. The number of nitrogens with zero attached hydrogens (tertiary/aromatic N) is 2. The minimum absolute atomic E-state index is 0.0560. The van der Waals surface area contributed by atoms with E-state index in [-0.39, 0.29) is 18.5 Å². The van der Waals surface area contributed by atoms with Crippen LogP contribution >= 0.6 is 0 Å². The van der Waals surface area contributed by atoms with Gasteiger partial charge in [-0.2, -0.15) is 0 Å². The Balaban J connectivity index is 1.87. The Bertz CT molecular complexity index is 1360. The summed E-state index contributed by atoms with van der Waals surface area (Å²) in [6.45, 7) is 7.17. The van der Waals surface area contributed by atoms with Crippen molar-refractivity contribution in [2.45, 2.75) is 52.7 Å². The first-order chi connectivity index (χ1) is 18.5. The van der Waals surface area contributed by atoms with Crippen molar-refractivity contribution in [1.82, 2.24) is 10.2 Å². The Morgan fingerprint density at radius 3 is 2.08 bits per heavy atom. The van der Waals surface area contributed by atoms with E-state index in [4.69, 9.17) is 4.74 Å². The summed E-state index contributed by atoms with van der Waals surface area (Å²) in [4.78, 5) is 28.2. The van der Waals surface area contributed by atoms with Gasteiger partial charge in [0.1, 0.15) is 24.1 Å². The van der Waals surface area contributed by atoms with Gasteiger partial charge >= 0.3 is 0 Å². The summed E-state index contributed by atoms with van der Waals surface area (Å²) < 4.78 is 32.5. The molecular formula is C30H37N3O5S. The highest BCUT2D eigenvalue weighted by molar-refractivity contribution is 7.92. The molecule has 3 aromatic rings. The van der Waals surface area contributed by atoms with Gasteiger partial charge in [0, 0.05) is 12.6 Å². The fourth-order valence-corrected chi connectivity index (χ4v) is 4.79. The van der Waals surface area contributed by atoms with Crippen LogP contribution in [0.3, 0.4) is 0 Å². The second-order valence-electron chi connectivity index (χ2n) is 9.62. The lowest BCUT2D eigenvalue weighted by Crippen LogP contribution is -2.52. The molecule has 0 aliphatic carbocycles. The zero-order valence-corrected chi connectivity index (χ0v) is 23.9. The van der Waals surface area contributed by atoms with Crippen LogP contribution in [0.5, 0.6) is 11.5 Å². The molecule has 0 radical (unpaired) electrons. The van der Waals surface area contributed by atoms with Crippen LogP contribution in [0.15, 0.2) is 78.9 Å². The number of benzene rings is 3. The normalized spacial score (nSPS) is 12.7. The molecule has 0 saturated carbocycles. The Kier molecular flexibility index (Phi) is 10.1. The molecule has 0 unspecified atom stereocenters. The molecular weight excluding hydrogens is 514 g/mol. The summed E-state index contributed by atoms with van der Waals surface area (Å²) in [7, 11) is -3.82. The van der Waals surface area contributed by atoms with Gasteiger partial charge in [0.05, 0.1) is 11.9 Å². The van der Waals surface area contributed by atoms with Crippen molar-refractivity contribution in [3.05, 3.63) is 90.0 Å². The summed E-state index contributed by atoms with van der Waals surface area (Å²) in [6.07, 6.45) is 1.80. The molecule has 2 atom stereocenters. The largest absolute Gasteiger partial charge is 0.457 e. The first kappa shape index (κ1) is 29.7. The zero-order chi connectivity index (χ0) is 28.6. The van der Waals surface area contributed by atoms with Gasteiger partial charge in [0.2, 0.25) is 21.8 Å². The fraction of sp³-hybridized carbons (Fsp3) is 0.333. The molecule has 3 aromatic carbocycles. The van der Waals surface area contributed by atoms with E-state index in [1.165, 1.54) is 4.90 Å². The summed E-state index contributed by atoms with van der Waals surface area (Å²) in [5.74, 6) is 0.401. The molecule has 0 aromatic heterocycles. The number of sulfonamides is 1. The smallest absolute Gasteiger partial charge is 0.244 e. The quantitative estimate of drug-likeness (QED) is 0.346. The lowest BCUT2D eigenvalue weighted by atomic mass is 10.1. The average Bonchev–Trinajstić information content (AvgIpc) is 2.91. The minimum Gasteiger partial charge on any atom is -0.457 e. The summed E-state index contributed by atoms with van der Waals surface area (Å²) >= 11 is 0. The SMILES string of the molecule is CC[C@@H](C)NC(=O)[C@H](C)N(Cc1ccccc1C)C(=O)CN(c1ccc(Oc2ccccc2)cc1)S(C)(=O)=O. The molecule has 0 fully saturated rings. The number of carbonyl (C=O) groups excluding carboxylic acids is 2. The Hall–Kier alpha value is -3.85. The first-order valence-corrected chi connectivity index (χ1v) is 14.8. The van der Waals surface area contributed by atoms with E-state index >= 15 is 0 Å². The van der Waals surface area contributed by atoms with Crippen LogP contribution in [0.2, 0.25) is 0 Å². The third kappa shape index (κ3) is 8.32. The summed E-state index contributed by atoms with van der Waals surface area (Å²) in [5.41, 5.74) is 2.17. The van der Waals surface area contributed by atoms with E-state index < -0.39 is 28.5 Å². The van der Waals surface area contributed by atoms with Gasteiger partial charge in [-0.1, -0.05) is 49.4 Å². The van der Waals surface area contributed by atoms with E-state index in [0.717, 1.165) is 28.1 Å². The number of anilines is 1. The van der Waals surface area contributed by atoms with Gasteiger partial charge in [-0.15, -0.1) is 0 Å². The molecule has 0 bridgehead atoms. The zero-order valence-electron chi connectivity index (χ0n) is 23.1. The number of hydrogen-bond donors (Lipinski definition) is 1. The monoisotopic (exact) mass is 551 g/mol. The van der Waals surface area contributed by atoms with E-state index in [1.54, 1.807) is 31.2 Å². The van der Waals surface area contributed by atoms with Crippen molar-refractivity contribution >= 4 is 27.5 Å². The fourth-order valence-electron chi connectivity index (χ4n) is 3.94. The van der Waals surface area contributed by atoms with Crippen molar-refractivity contribution in [2.24, 2.45) is 0 Å². The number of para-hydroxylation sites is 1. The number of carbonyl (C=O) groups is 2. The molecule has 0 aliphatic rings. The van der Waals surface area contributed by atoms with Crippen LogP contribution in [0.1, 0.15) is 38.3 Å². The molecule has 208 valence electrons. The highest BCUT2D eigenvalue weighted by Gasteiger charge is 2.30. The second-order valence-corrected chi connectivity index (χ2v) is 11.5. The average molecular weight is 552 g/mol. The Labute approximate surface area is 231 Å². The van der Waals surface area contributed by atoms with Crippen LogP contribution in [0, 0.1) is 6.92 Å². The maximum atomic E-state index is 13.7. The van der Waals surface area contributed by atoms with Crippen LogP contribution in [0.4, 0.5) is 5.69 Å². The number of nitrogens with one attached hydrogen (secondary N) is 1. The van der Waals surface area contributed by atoms with Crippen molar-refractivity contribution in [3.63, 3.8) is 0 Å². The van der Waals surface area contributed by atoms with E-state index in [1.807, 2.05) is 75.4 Å². The number of rotatable bonds is 12. The van der Waals surface area contributed by atoms with Crippen molar-refractivity contribution in [3.8, 4) is 11.5 Å². The van der Waals surface area contributed by atoms with Crippen molar-refractivity contribution in [2.75, 3.05) is 17.1 Å². The molecule has 0 heterocycles. The first-order valence-electron chi connectivity index (χ1n) is 12.9. The van der Waals surface area contributed by atoms with Gasteiger partial charge in [-0.05, 0) is 74.7 Å². The predicted molar refractivity (Wildman–Crippen MR) is 154 cm³/mol. The third-order valence-electron chi connectivity index (χ3n) is 6.55. The standard InChI is InChI=1S/C30H37N3O5S/c1-6-23(3)31-30(35)24(4)32(20-25-13-11-10-12-22(25)2)29(34)21-33(39(5,36)37)26-16-18-28(19-17-26)38-27-14-8-7-9-15-27/h7-19,23-24H,6,20-21H2,1-5H3,(H,31,35)/t23-,24+/m1/s1. The van der Waals surface area contributed by atoms with Gasteiger partial charge in [0.25, 0.3) is 0 Å². The van der Waals surface area contributed by atoms with Crippen LogP contribution in [0.25, 0.3) is 0 Å². The molecule has 1 N–H and O–H groups in total. The molecule has 3 rings (SSSR count). The number of ether oxygens (including phenoxy) is 1. The summed E-state index contributed by atoms with van der Waals surface area (Å²) in [6, 6.07) is 22.5. The Morgan fingerprint density at radius 1 is 0.897 bits per heavy atom. The lowest BCUT2D eigenvalue weighted by molar-refractivity contribution is -0.139. The molecule has 0 saturated heterocycles. The molecule has 0 aliphatic heterocycles. The molecule has 2 amide bonds. The third-order valence-corrected chi connectivity index (χ3v) is 7.69. The number of hydrogen-bond acceptors (Lipinski definition) is 5. The topological polar surface area (TPSA) is 96.0 Å². The van der Waals surface area contributed by atoms with Gasteiger partial charge in [0.15, 0.2) is 0 Å². The van der Waals surface area contributed by atoms with Gasteiger partial charge < -0.3 is 15.0 Å². The molecule has 0 spiro atoms. The molecule has 39 heavy (non-hydrogen) atoms. The molecule has 9 heteroatoms. The van der Waals surface area contributed by atoms with Crippen molar-refractivity contribution in [1.29, 1.82) is 0 Å². The molecule has 8 nitrogen and oxygen atoms in total. The number of amides is 2. The highest BCUT2D eigenvalue weighted by Crippen LogP contribution is 2.26. The Morgan fingerprint density at radius 2 is 1.49 bits per heavy atom. The van der Waals surface area contributed by atoms with Crippen LogP contribution in [-0.4, -0.2) is 50.0 Å². The maximum Gasteiger partial charge on any atom is 0.244 e. The summed E-state index contributed by atoms with van der Waals surface area (Å²) in [5, 5.41) is 2.93. The van der Waals surface area contributed by atoms with Gasteiger partial charge in [-0.25, -0.2) is 8.42 Å².